The van der Waals surface area contributed by atoms with E-state index >= 15 is 0 Å². The third-order valence-corrected chi connectivity index (χ3v) is 3.30. The Bertz CT molecular complexity index is 512. The summed E-state index contributed by atoms with van der Waals surface area (Å²) in [6.45, 7) is 4.49. The number of hydrogen-bond donors (Lipinski definition) is 1. The molecule has 1 N–H and O–H groups in total. The molecule has 2 aromatic carbocycles. The Hall–Kier alpha value is -1.80. The summed E-state index contributed by atoms with van der Waals surface area (Å²) in [5.74, 6) is 0.881. The van der Waals surface area contributed by atoms with Crippen LogP contribution in [0.2, 0.25) is 0 Å². The van der Waals surface area contributed by atoms with Crippen molar-refractivity contribution in [3.63, 3.8) is 0 Å². The molecule has 0 aliphatic heterocycles. The fraction of sp³-hybridized carbons (Fsp3) is 0.333. The number of rotatable bonds is 6. The maximum atomic E-state index is 9.27. The summed E-state index contributed by atoms with van der Waals surface area (Å²) in [7, 11) is 0. The van der Waals surface area contributed by atoms with E-state index in [9.17, 15) is 5.11 Å². The van der Waals surface area contributed by atoms with Gasteiger partial charge in [0.2, 0.25) is 0 Å². The van der Waals surface area contributed by atoms with E-state index in [0.29, 0.717) is 6.61 Å². The largest absolute Gasteiger partial charge is 0.489 e. The average molecular weight is 270 g/mol. The minimum absolute atomic E-state index is 0.243. The van der Waals surface area contributed by atoms with Crippen LogP contribution in [-0.2, 0) is 13.0 Å². The minimum atomic E-state index is -0.243. The van der Waals surface area contributed by atoms with Crippen molar-refractivity contribution in [1.82, 2.24) is 0 Å². The number of ether oxygens (including phenoxy) is 1. The second-order valence-corrected chi connectivity index (χ2v) is 5.31. The molecule has 0 spiro atoms. The van der Waals surface area contributed by atoms with Crippen molar-refractivity contribution in [2.75, 3.05) is 0 Å². The van der Waals surface area contributed by atoms with Crippen LogP contribution < -0.4 is 4.74 Å². The lowest BCUT2D eigenvalue weighted by molar-refractivity contribution is 0.185. The average Bonchev–Trinajstić information content (AvgIpc) is 2.45. The second-order valence-electron chi connectivity index (χ2n) is 5.31. The van der Waals surface area contributed by atoms with E-state index in [1.165, 1.54) is 16.7 Å². The van der Waals surface area contributed by atoms with Gasteiger partial charge in [-0.15, -0.1) is 0 Å². The van der Waals surface area contributed by atoms with Crippen molar-refractivity contribution in [3.8, 4) is 5.75 Å². The molecule has 0 heterocycles. The number of aryl methyl sites for hydroxylation is 2. The van der Waals surface area contributed by atoms with Crippen molar-refractivity contribution >= 4 is 0 Å². The summed E-state index contributed by atoms with van der Waals surface area (Å²) in [5, 5.41) is 9.27. The highest BCUT2D eigenvalue weighted by atomic mass is 16.5. The van der Waals surface area contributed by atoms with Crippen LogP contribution in [0.15, 0.2) is 48.5 Å². The molecule has 2 rings (SSSR count). The number of aliphatic hydroxyl groups excluding tert-OH is 1. The third-order valence-electron chi connectivity index (χ3n) is 3.30. The van der Waals surface area contributed by atoms with Crippen molar-refractivity contribution in [2.24, 2.45) is 0 Å². The van der Waals surface area contributed by atoms with Gasteiger partial charge in [-0.05, 0) is 49.9 Å². The summed E-state index contributed by atoms with van der Waals surface area (Å²) >= 11 is 0. The first kappa shape index (κ1) is 14.6. The maximum absolute atomic E-state index is 9.27. The second kappa shape index (κ2) is 7.11. The van der Waals surface area contributed by atoms with Gasteiger partial charge < -0.3 is 9.84 Å². The van der Waals surface area contributed by atoms with Gasteiger partial charge in [-0.3, -0.25) is 0 Å². The highest BCUT2D eigenvalue weighted by Crippen LogP contribution is 2.16. The van der Waals surface area contributed by atoms with Crippen molar-refractivity contribution in [2.45, 2.75) is 39.4 Å². The van der Waals surface area contributed by atoms with E-state index in [0.717, 1.165) is 18.6 Å². The lowest BCUT2D eigenvalue weighted by Crippen LogP contribution is -2.01. The first-order chi connectivity index (χ1) is 9.63. The van der Waals surface area contributed by atoms with E-state index in [1.54, 1.807) is 0 Å². The smallest absolute Gasteiger partial charge is 0.119 e. The predicted octanol–water partition coefficient (Wildman–Crippen LogP) is 3.89. The standard InChI is InChI=1S/C18H22O2/c1-14-3-6-17(7-4-14)13-20-18-11-9-16(10-12-18)8-5-15(2)19/h3-4,6-7,9-12,15,19H,5,8,13H2,1-2H3. The van der Waals surface area contributed by atoms with Crippen molar-refractivity contribution in [3.05, 3.63) is 65.2 Å². The van der Waals surface area contributed by atoms with Gasteiger partial charge in [0.1, 0.15) is 12.4 Å². The van der Waals surface area contributed by atoms with Gasteiger partial charge in [0.05, 0.1) is 6.10 Å². The molecule has 0 bridgehead atoms. The topological polar surface area (TPSA) is 29.5 Å². The molecule has 0 saturated carbocycles. The monoisotopic (exact) mass is 270 g/mol. The molecule has 106 valence electrons. The molecule has 1 unspecified atom stereocenters. The molecule has 0 aromatic heterocycles. The Labute approximate surface area is 121 Å². The van der Waals surface area contributed by atoms with Gasteiger partial charge in [0, 0.05) is 0 Å². The van der Waals surface area contributed by atoms with E-state index in [2.05, 4.69) is 43.3 Å². The summed E-state index contributed by atoms with van der Waals surface area (Å²) in [4.78, 5) is 0. The van der Waals surface area contributed by atoms with Gasteiger partial charge >= 0.3 is 0 Å². The van der Waals surface area contributed by atoms with E-state index in [4.69, 9.17) is 4.74 Å². The first-order valence-electron chi connectivity index (χ1n) is 7.09. The van der Waals surface area contributed by atoms with Gasteiger partial charge in [-0.1, -0.05) is 42.0 Å². The van der Waals surface area contributed by atoms with Crippen molar-refractivity contribution < 1.29 is 9.84 Å². The summed E-state index contributed by atoms with van der Waals surface area (Å²) < 4.78 is 5.76. The fourth-order valence-corrected chi connectivity index (χ4v) is 1.98. The van der Waals surface area contributed by atoms with E-state index < -0.39 is 0 Å². The van der Waals surface area contributed by atoms with Crippen LogP contribution in [0, 0.1) is 6.92 Å². The predicted molar refractivity (Wildman–Crippen MR) is 82.0 cm³/mol. The SMILES string of the molecule is Cc1ccc(COc2ccc(CCC(C)O)cc2)cc1. The molecule has 2 nitrogen and oxygen atoms in total. The molecular formula is C18H22O2. The van der Waals surface area contributed by atoms with Crippen LogP contribution in [0.4, 0.5) is 0 Å². The van der Waals surface area contributed by atoms with Crippen LogP contribution in [0.25, 0.3) is 0 Å². The Morgan fingerprint density at radius 2 is 1.55 bits per heavy atom. The lowest BCUT2D eigenvalue weighted by Gasteiger charge is -2.08. The van der Waals surface area contributed by atoms with Gasteiger partial charge in [-0.2, -0.15) is 0 Å². The number of benzene rings is 2. The molecule has 0 radical (unpaired) electrons. The highest BCUT2D eigenvalue weighted by molar-refractivity contribution is 5.28. The molecule has 0 saturated heterocycles. The highest BCUT2D eigenvalue weighted by Gasteiger charge is 2.00. The van der Waals surface area contributed by atoms with Crippen molar-refractivity contribution in [1.29, 1.82) is 0 Å². The zero-order chi connectivity index (χ0) is 14.4. The van der Waals surface area contributed by atoms with Crippen LogP contribution >= 0.6 is 0 Å². The molecule has 20 heavy (non-hydrogen) atoms. The first-order valence-corrected chi connectivity index (χ1v) is 7.09. The molecule has 0 aliphatic carbocycles. The van der Waals surface area contributed by atoms with Crippen LogP contribution in [0.3, 0.4) is 0 Å². The molecule has 2 heteroatoms. The molecule has 0 fully saturated rings. The Balaban J connectivity index is 1.85. The van der Waals surface area contributed by atoms with Gasteiger partial charge in [0.15, 0.2) is 0 Å². The number of hydrogen-bond acceptors (Lipinski definition) is 2. The summed E-state index contributed by atoms with van der Waals surface area (Å²) in [6.07, 6.45) is 1.45. The van der Waals surface area contributed by atoms with Crippen LogP contribution in [0.1, 0.15) is 30.0 Å². The molecule has 0 amide bonds. The lowest BCUT2D eigenvalue weighted by atomic mass is 10.1. The molecular weight excluding hydrogens is 248 g/mol. The summed E-state index contributed by atoms with van der Waals surface area (Å²) in [6, 6.07) is 16.5. The van der Waals surface area contributed by atoms with Gasteiger partial charge in [-0.25, -0.2) is 0 Å². The Kier molecular flexibility index (Phi) is 5.19. The van der Waals surface area contributed by atoms with Crippen LogP contribution in [0.5, 0.6) is 5.75 Å². The Morgan fingerprint density at radius 1 is 0.950 bits per heavy atom. The number of aliphatic hydroxyl groups is 1. The van der Waals surface area contributed by atoms with Gasteiger partial charge in [0.25, 0.3) is 0 Å². The zero-order valence-corrected chi connectivity index (χ0v) is 12.2. The van der Waals surface area contributed by atoms with E-state index in [-0.39, 0.29) is 6.10 Å². The Morgan fingerprint density at radius 3 is 2.15 bits per heavy atom. The van der Waals surface area contributed by atoms with Crippen LogP contribution in [-0.4, -0.2) is 11.2 Å². The normalized spacial score (nSPS) is 12.2. The molecule has 1 atom stereocenters. The maximum Gasteiger partial charge on any atom is 0.119 e. The minimum Gasteiger partial charge on any atom is -0.489 e. The molecule has 0 aliphatic rings. The fourth-order valence-electron chi connectivity index (χ4n) is 1.98. The quantitative estimate of drug-likeness (QED) is 0.863. The third kappa shape index (κ3) is 4.71. The van der Waals surface area contributed by atoms with E-state index in [1.807, 2.05) is 19.1 Å². The zero-order valence-electron chi connectivity index (χ0n) is 12.2. The molecule has 2 aromatic rings. The summed E-state index contributed by atoms with van der Waals surface area (Å²) in [5.41, 5.74) is 3.67.